The summed E-state index contributed by atoms with van der Waals surface area (Å²) in [5, 5.41) is 3.42. The van der Waals surface area contributed by atoms with Gasteiger partial charge in [-0.2, -0.15) is 0 Å². The van der Waals surface area contributed by atoms with Gasteiger partial charge in [-0.05, 0) is 62.1 Å². The molecule has 0 amide bonds. The molecule has 0 aliphatic carbocycles. The van der Waals surface area contributed by atoms with E-state index in [2.05, 4.69) is 28.5 Å². The Morgan fingerprint density at radius 1 is 1.05 bits per heavy atom. The first kappa shape index (κ1) is 15.5. The molecular weight excluding hydrogens is 260 g/mol. The molecule has 1 aromatic carbocycles. The number of ether oxygens (including phenoxy) is 1. The molecule has 0 spiro atoms. The Bertz CT molecular complexity index is 511. The van der Waals surface area contributed by atoms with E-state index in [0.29, 0.717) is 6.04 Å². The molecule has 2 rings (SSSR count). The van der Waals surface area contributed by atoms with Crippen LogP contribution < -0.4 is 10.1 Å². The number of rotatable bonds is 8. The van der Waals surface area contributed by atoms with Crippen molar-refractivity contribution in [2.75, 3.05) is 14.2 Å². The van der Waals surface area contributed by atoms with E-state index in [-0.39, 0.29) is 0 Å². The molecule has 1 heterocycles. The maximum absolute atomic E-state index is 5.19. The second kappa shape index (κ2) is 8.42. The van der Waals surface area contributed by atoms with E-state index < -0.39 is 0 Å². The van der Waals surface area contributed by atoms with Gasteiger partial charge in [0.1, 0.15) is 5.75 Å². The Balaban J connectivity index is 1.79. The number of aryl methyl sites for hydroxylation is 2. The molecule has 3 heteroatoms. The molecule has 0 saturated heterocycles. The molecule has 0 aliphatic rings. The summed E-state index contributed by atoms with van der Waals surface area (Å²) in [6.45, 7) is 0. The maximum Gasteiger partial charge on any atom is 0.118 e. The van der Waals surface area contributed by atoms with Gasteiger partial charge in [0.2, 0.25) is 0 Å². The lowest BCUT2D eigenvalue weighted by atomic mass is 10.00. The van der Waals surface area contributed by atoms with Crippen molar-refractivity contribution >= 4 is 0 Å². The molecule has 21 heavy (non-hydrogen) atoms. The average molecular weight is 284 g/mol. The Morgan fingerprint density at radius 2 is 1.76 bits per heavy atom. The van der Waals surface area contributed by atoms with Crippen molar-refractivity contribution in [1.29, 1.82) is 0 Å². The van der Waals surface area contributed by atoms with Gasteiger partial charge in [0.25, 0.3) is 0 Å². The summed E-state index contributed by atoms with van der Waals surface area (Å²) >= 11 is 0. The first-order valence-corrected chi connectivity index (χ1v) is 7.51. The van der Waals surface area contributed by atoms with Gasteiger partial charge in [0.05, 0.1) is 7.11 Å². The van der Waals surface area contributed by atoms with Crippen LogP contribution in [0.15, 0.2) is 48.8 Å². The van der Waals surface area contributed by atoms with E-state index in [1.807, 2.05) is 37.6 Å². The SMILES string of the molecule is CNC(CCc1ccc(OC)cc1)CCc1cccnc1. The molecule has 0 aliphatic heterocycles. The minimum absolute atomic E-state index is 0.535. The lowest BCUT2D eigenvalue weighted by Gasteiger charge is -2.16. The fourth-order valence-electron chi connectivity index (χ4n) is 2.45. The topological polar surface area (TPSA) is 34.1 Å². The van der Waals surface area contributed by atoms with Crippen LogP contribution in [0.1, 0.15) is 24.0 Å². The number of hydrogen-bond acceptors (Lipinski definition) is 3. The summed E-state index contributed by atoms with van der Waals surface area (Å²) in [7, 11) is 3.74. The third-order valence-electron chi connectivity index (χ3n) is 3.85. The highest BCUT2D eigenvalue weighted by atomic mass is 16.5. The number of nitrogens with one attached hydrogen (secondary N) is 1. The summed E-state index contributed by atoms with van der Waals surface area (Å²) < 4.78 is 5.19. The number of aromatic nitrogens is 1. The van der Waals surface area contributed by atoms with Crippen LogP contribution >= 0.6 is 0 Å². The lowest BCUT2D eigenvalue weighted by molar-refractivity contribution is 0.414. The molecule has 3 nitrogen and oxygen atoms in total. The molecule has 1 unspecified atom stereocenters. The van der Waals surface area contributed by atoms with Crippen molar-refractivity contribution in [1.82, 2.24) is 10.3 Å². The van der Waals surface area contributed by atoms with Crippen molar-refractivity contribution < 1.29 is 4.74 Å². The summed E-state index contributed by atoms with van der Waals surface area (Å²) in [5.74, 6) is 0.917. The predicted octanol–water partition coefficient (Wildman–Crippen LogP) is 3.24. The average Bonchev–Trinajstić information content (AvgIpc) is 2.56. The summed E-state index contributed by atoms with van der Waals surface area (Å²) in [6, 6.07) is 13.0. The van der Waals surface area contributed by atoms with Crippen LogP contribution in [-0.4, -0.2) is 25.2 Å². The highest BCUT2D eigenvalue weighted by Crippen LogP contribution is 2.14. The second-order valence-corrected chi connectivity index (χ2v) is 5.27. The van der Waals surface area contributed by atoms with Gasteiger partial charge in [-0.3, -0.25) is 4.98 Å². The van der Waals surface area contributed by atoms with Crippen molar-refractivity contribution in [3.05, 3.63) is 59.9 Å². The summed E-state index contributed by atoms with van der Waals surface area (Å²) in [5.41, 5.74) is 2.67. The van der Waals surface area contributed by atoms with E-state index in [1.165, 1.54) is 11.1 Å². The van der Waals surface area contributed by atoms with Gasteiger partial charge in [-0.1, -0.05) is 18.2 Å². The largest absolute Gasteiger partial charge is 0.497 e. The fourth-order valence-corrected chi connectivity index (χ4v) is 2.45. The number of benzene rings is 1. The molecule has 0 saturated carbocycles. The van der Waals surface area contributed by atoms with Crippen LogP contribution in [0.2, 0.25) is 0 Å². The minimum Gasteiger partial charge on any atom is -0.497 e. The smallest absolute Gasteiger partial charge is 0.118 e. The number of nitrogens with zero attached hydrogens (tertiary/aromatic N) is 1. The van der Waals surface area contributed by atoms with Crippen LogP contribution in [0.4, 0.5) is 0 Å². The molecular formula is C18H24N2O. The quantitative estimate of drug-likeness (QED) is 0.808. The predicted molar refractivity (Wildman–Crippen MR) is 86.7 cm³/mol. The molecule has 1 atom stereocenters. The highest BCUT2D eigenvalue weighted by molar-refractivity contribution is 5.27. The van der Waals surface area contributed by atoms with Crippen LogP contribution in [-0.2, 0) is 12.8 Å². The molecule has 2 aromatic rings. The zero-order valence-electron chi connectivity index (χ0n) is 12.9. The number of methoxy groups -OCH3 is 1. The first-order chi connectivity index (χ1) is 10.3. The van der Waals surface area contributed by atoms with Gasteiger partial charge in [-0.15, -0.1) is 0 Å². The molecule has 1 aromatic heterocycles. The van der Waals surface area contributed by atoms with E-state index in [1.54, 1.807) is 7.11 Å². The molecule has 112 valence electrons. The molecule has 0 fully saturated rings. The number of hydrogen-bond donors (Lipinski definition) is 1. The van der Waals surface area contributed by atoms with Crippen molar-refractivity contribution in [3.8, 4) is 5.75 Å². The van der Waals surface area contributed by atoms with Crippen LogP contribution in [0.3, 0.4) is 0 Å². The minimum atomic E-state index is 0.535. The van der Waals surface area contributed by atoms with Gasteiger partial charge < -0.3 is 10.1 Å². The van der Waals surface area contributed by atoms with E-state index in [4.69, 9.17) is 4.74 Å². The highest BCUT2D eigenvalue weighted by Gasteiger charge is 2.07. The van der Waals surface area contributed by atoms with Crippen molar-refractivity contribution in [2.24, 2.45) is 0 Å². The van der Waals surface area contributed by atoms with Gasteiger partial charge in [0, 0.05) is 18.4 Å². The van der Waals surface area contributed by atoms with Crippen LogP contribution in [0.25, 0.3) is 0 Å². The van der Waals surface area contributed by atoms with Crippen molar-refractivity contribution in [2.45, 2.75) is 31.7 Å². The molecule has 1 N–H and O–H groups in total. The summed E-state index contributed by atoms with van der Waals surface area (Å²) in [6.07, 6.45) is 8.21. The standard InChI is InChI=1S/C18H24N2O/c1-19-17(10-6-16-4-3-13-20-14-16)9-5-15-7-11-18(21-2)12-8-15/h3-4,7-8,11-14,17,19H,5-6,9-10H2,1-2H3. The van der Waals surface area contributed by atoms with Crippen molar-refractivity contribution in [3.63, 3.8) is 0 Å². The zero-order chi connectivity index (χ0) is 14.9. The Labute approximate surface area is 127 Å². The first-order valence-electron chi connectivity index (χ1n) is 7.51. The molecule has 0 bridgehead atoms. The van der Waals surface area contributed by atoms with Crippen LogP contribution in [0, 0.1) is 0 Å². The normalized spacial score (nSPS) is 12.1. The maximum atomic E-state index is 5.19. The molecule has 0 radical (unpaired) electrons. The lowest BCUT2D eigenvalue weighted by Crippen LogP contribution is -2.26. The Hall–Kier alpha value is -1.87. The monoisotopic (exact) mass is 284 g/mol. The third-order valence-corrected chi connectivity index (χ3v) is 3.85. The Kier molecular flexibility index (Phi) is 6.22. The van der Waals surface area contributed by atoms with E-state index in [0.717, 1.165) is 31.4 Å². The van der Waals surface area contributed by atoms with Gasteiger partial charge >= 0.3 is 0 Å². The fraction of sp³-hybridized carbons (Fsp3) is 0.389. The summed E-state index contributed by atoms with van der Waals surface area (Å²) in [4.78, 5) is 4.17. The van der Waals surface area contributed by atoms with Crippen LogP contribution in [0.5, 0.6) is 5.75 Å². The third kappa shape index (κ3) is 5.20. The van der Waals surface area contributed by atoms with Gasteiger partial charge in [-0.25, -0.2) is 0 Å². The number of pyridine rings is 1. The van der Waals surface area contributed by atoms with Gasteiger partial charge in [0.15, 0.2) is 0 Å². The van der Waals surface area contributed by atoms with E-state index in [9.17, 15) is 0 Å². The zero-order valence-corrected chi connectivity index (χ0v) is 12.9. The second-order valence-electron chi connectivity index (χ2n) is 5.27. The Morgan fingerprint density at radius 3 is 2.33 bits per heavy atom. The van der Waals surface area contributed by atoms with E-state index >= 15 is 0 Å².